The molecule has 0 aliphatic carbocycles. The first-order valence-electron chi connectivity index (χ1n) is 6.35. The highest BCUT2D eigenvalue weighted by molar-refractivity contribution is 5.85. The van der Waals surface area contributed by atoms with Crippen LogP contribution in [0, 0.1) is 0 Å². The highest BCUT2D eigenvalue weighted by Gasteiger charge is 2.34. The summed E-state index contributed by atoms with van der Waals surface area (Å²) in [7, 11) is 0. The average Bonchev–Trinajstić information content (AvgIpc) is 2.45. The third kappa shape index (κ3) is 2.11. The molecule has 0 amide bonds. The fourth-order valence-electron chi connectivity index (χ4n) is 2.28. The van der Waals surface area contributed by atoms with Gasteiger partial charge >= 0.3 is 0 Å². The van der Waals surface area contributed by atoms with Crippen LogP contribution in [0.15, 0.2) is 36.7 Å². The maximum absolute atomic E-state index is 10.4. The van der Waals surface area contributed by atoms with Crippen molar-refractivity contribution < 1.29 is 10.2 Å². The van der Waals surface area contributed by atoms with Crippen LogP contribution in [0.4, 0.5) is 0 Å². The Morgan fingerprint density at radius 3 is 2.50 bits per heavy atom. The quantitative estimate of drug-likeness (QED) is 0.871. The molecule has 1 aromatic heterocycles. The molecule has 0 aliphatic heterocycles. The predicted molar refractivity (Wildman–Crippen MR) is 72.2 cm³/mol. The Kier molecular flexibility index (Phi) is 3.64. The average molecular weight is 245 g/mol. The topological polar surface area (TPSA) is 53.4 Å². The Bertz CT molecular complexity index is 530. The molecule has 2 rings (SSSR count). The Balaban J connectivity index is 2.54. The van der Waals surface area contributed by atoms with Gasteiger partial charge in [0.1, 0.15) is 6.10 Å². The molecule has 0 aliphatic rings. The molecular formula is C15H19NO2. The summed E-state index contributed by atoms with van der Waals surface area (Å²) in [6.07, 6.45) is 3.51. The summed E-state index contributed by atoms with van der Waals surface area (Å²) in [5.74, 6) is 0. The lowest BCUT2D eigenvalue weighted by atomic mass is 9.85. The number of hydrogen-bond acceptors (Lipinski definition) is 3. The molecule has 0 bridgehead atoms. The Labute approximate surface area is 107 Å². The van der Waals surface area contributed by atoms with E-state index in [0.717, 1.165) is 10.8 Å². The summed E-state index contributed by atoms with van der Waals surface area (Å²) < 4.78 is 0. The number of benzene rings is 1. The normalized spacial score (nSPS) is 13.8. The zero-order valence-corrected chi connectivity index (χ0v) is 10.8. The van der Waals surface area contributed by atoms with Crippen LogP contribution in [0.3, 0.4) is 0 Å². The Morgan fingerprint density at radius 2 is 1.83 bits per heavy atom. The van der Waals surface area contributed by atoms with E-state index in [1.165, 1.54) is 0 Å². The van der Waals surface area contributed by atoms with Crippen LogP contribution in [0.5, 0.6) is 0 Å². The molecule has 1 aromatic carbocycles. The zero-order valence-electron chi connectivity index (χ0n) is 10.8. The fourth-order valence-corrected chi connectivity index (χ4v) is 2.28. The first-order valence-corrected chi connectivity index (χ1v) is 6.35. The summed E-state index contributed by atoms with van der Waals surface area (Å²) in [6.45, 7) is 3.76. The second kappa shape index (κ2) is 5.04. The number of aromatic nitrogens is 1. The van der Waals surface area contributed by atoms with Crippen molar-refractivity contribution in [3.05, 3.63) is 42.2 Å². The number of aliphatic hydroxyl groups excluding tert-OH is 1. The van der Waals surface area contributed by atoms with Crippen molar-refractivity contribution >= 4 is 10.8 Å². The highest BCUT2D eigenvalue weighted by atomic mass is 16.3. The zero-order chi connectivity index (χ0) is 13.2. The maximum atomic E-state index is 10.4. The molecule has 0 spiro atoms. The van der Waals surface area contributed by atoms with Crippen molar-refractivity contribution in [2.45, 2.75) is 38.4 Å². The van der Waals surface area contributed by atoms with E-state index >= 15 is 0 Å². The van der Waals surface area contributed by atoms with Gasteiger partial charge in [0.05, 0.1) is 5.60 Å². The molecule has 18 heavy (non-hydrogen) atoms. The molecule has 2 aromatic rings. The van der Waals surface area contributed by atoms with Gasteiger partial charge in [-0.3, -0.25) is 4.98 Å². The van der Waals surface area contributed by atoms with Gasteiger partial charge in [0.2, 0.25) is 0 Å². The first kappa shape index (κ1) is 13.0. The summed E-state index contributed by atoms with van der Waals surface area (Å²) in [5.41, 5.74) is -0.398. The van der Waals surface area contributed by atoms with Gasteiger partial charge in [-0.15, -0.1) is 0 Å². The van der Waals surface area contributed by atoms with Gasteiger partial charge in [0, 0.05) is 23.3 Å². The molecule has 0 fully saturated rings. The van der Waals surface area contributed by atoms with Gasteiger partial charge in [0.15, 0.2) is 0 Å². The van der Waals surface area contributed by atoms with Crippen molar-refractivity contribution in [3.8, 4) is 0 Å². The van der Waals surface area contributed by atoms with Crippen LogP contribution < -0.4 is 0 Å². The van der Waals surface area contributed by atoms with Crippen molar-refractivity contribution in [2.75, 3.05) is 0 Å². The number of pyridine rings is 1. The lowest BCUT2D eigenvalue weighted by molar-refractivity contribution is -0.0815. The van der Waals surface area contributed by atoms with Gasteiger partial charge in [-0.25, -0.2) is 0 Å². The van der Waals surface area contributed by atoms with Crippen LogP contribution in [0.2, 0.25) is 0 Å². The van der Waals surface area contributed by atoms with Crippen molar-refractivity contribution in [2.24, 2.45) is 0 Å². The summed E-state index contributed by atoms with van der Waals surface area (Å²) >= 11 is 0. The minimum Gasteiger partial charge on any atom is -0.387 e. The largest absolute Gasteiger partial charge is 0.387 e. The van der Waals surface area contributed by atoms with Crippen molar-refractivity contribution in [1.82, 2.24) is 4.98 Å². The van der Waals surface area contributed by atoms with Crippen molar-refractivity contribution in [3.63, 3.8) is 0 Å². The number of aliphatic hydroxyl groups is 2. The second-order valence-corrected chi connectivity index (χ2v) is 4.66. The highest BCUT2D eigenvalue weighted by Crippen LogP contribution is 2.34. The first-order chi connectivity index (χ1) is 8.62. The maximum Gasteiger partial charge on any atom is 0.110 e. The fraction of sp³-hybridized carbons (Fsp3) is 0.400. The number of rotatable bonds is 4. The molecule has 2 N–H and O–H groups in total. The van der Waals surface area contributed by atoms with Gasteiger partial charge in [-0.1, -0.05) is 38.1 Å². The van der Waals surface area contributed by atoms with Crippen LogP contribution in [-0.4, -0.2) is 20.8 Å². The second-order valence-electron chi connectivity index (χ2n) is 4.66. The summed E-state index contributed by atoms with van der Waals surface area (Å²) in [6, 6.07) is 7.76. The van der Waals surface area contributed by atoms with E-state index in [9.17, 15) is 10.2 Å². The van der Waals surface area contributed by atoms with Gasteiger partial charge in [0.25, 0.3) is 0 Å². The Hall–Kier alpha value is -1.45. The summed E-state index contributed by atoms with van der Waals surface area (Å²) in [4.78, 5) is 4.14. The van der Waals surface area contributed by atoms with E-state index in [4.69, 9.17) is 0 Å². The molecule has 1 atom stereocenters. The molecule has 1 heterocycles. The minimum atomic E-state index is -1.09. The molecule has 0 saturated carbocycles. The Morgan fingerprint density at radius 1 is 1.17 bits per heavy atom. The SMILES string of the molecule is CCC(O)(CC)C(O)c1cncc2ccccc12. The molecule has 0 saturated heterocycles. The van der Waals surface area contributed by atoms with E-state index < -0.39 is 11.7 Å². The van der Waals surface area contributed by atoms with E-state index in [2.05, 4.69) is 4.98 Å². The summed E-state index contributed by atoms with van der Waals surface area (Å²) in [5, 5.41) is 22.8. The predicted octanol–water partition coefficient (Wildman–Crippen LogP) is 2.82. The lowest BCUT2D eigenvalue weighted by Gasteiger charge is -2.31. The molecular weight excluding hydrogens is 226 g/mol. The van der Waals surface area contributed by atoms with Gasteiger partial charge in [-0.05, 0) is 18.2 Å². The van der Waals surface area contributed by atoms with Crippen LogP contribution in [-0.2, 0) is 0 Å². The molecule has 3 nitrogen and oxygen atoms in total. The van der Waals surface area contributed by atoms with E-state index in [0.29, 0.717) is 18.4 Å². The minimum absolute atomic E-state index is 0.508. The van der Waals surface area contributed by atoms with Gasteiger partial charge in [-0.2, -0.15) is 0 Å². The number of hydrogen-bond donors (Lipinski definition) is 2. The molecule has 96 valence electrons. The van der Waals surface area contributed by atoms with Crippen molar-refractivity contribution in [1.29, 1.82) is 0 Å². The van der Waals surface area contributed by atoms with E-state index in [-0.39, 0.29) is 0 Å². The third-order valence-electron chi connectivity index (χ3n) is 3.73. The molecule has 3 heteroatoms. The third-order valence-corrected chi connectivity index (χ3v) is 3.73. The lowest BCUT2D eigenvalue weighted by Crippen LogP contribution is -2.35. The standard InChI is InChI=1S/C15H19NO2/c1-3-15(18,4-2)14(17)13-10-16-9-11-7-5-6-8-12(11)13/h5-10,14,17-18H,3-4H2,1-2H3. The van der Waals surface area contributed by atoms with Crippen LogP contribution in [0.1, 0.15) is 38.4 Å². The van der Waals surface area contributed by atoms with Gasteiger partial charge < -0.3 is 10.2 Å². The monoisotopic (exact) mass is 245 g/mol. The molecule has 0 radical (unpaired) electrons. The number of nitrogens with zero attached hydrogens (tertiary/aromatic N) is 1. The van der Waals surface area contributed by atoms with E-state index in [1.54, 1.807) is 12.4 Å². The molecule has 1 unspecified atom stereocenters. The number of fused-ring (bicyclic) bond motifs is 1. The smallest absolute Gasteiger partial charge is 0.110 e. The van der Waals surface area contributed by atoms with Crippen LogP contribution >= 0.6 is 0 Å². The van der Waals surface area contributed by atoms with Crippen LogP contribution in [0.25, 0.3) is 10.8 Å². The van der Waals surface area contributed by atoms with E-state index in [1.807, 2.05) is 38.1 Å².